The lowest BCUT2D eigenvalue weighted by molar-refractivity contribution is -0.147. The van der Waals surface area contributed by atoms with Crippen LogP contribution in [-0.2, 0) is 47.6 Å². The lowest BCUT2D eigenvalue weighted by atomic mass is 9.88. The van der Waals surface area contributed by atoms with E-state index < -0.39 is 22.9 Å². The van der Waals surface area contributed by atoms with Crippen LogP contribution in [0.15, 0.2) is 49.6 Å². The van der Waals surface area contributed by atoms with Gasteiger partial charge in [-0.15, -0.1) is 0 Å². The van der Waals surface area contributed by atoms with Gasteiger partial charge in [0.15, 0.2) is 5.78 Å². The molecule has 0 N–H and O–H groups in total. The number of benzene rings is 1. The van der Waals surface area contributed by atoms with Crippen LogP contribution >= 0.6 is 0 Å². The van der Waals surface area contributed by atoms with E-state index in [1.165, 1.54) is 0 Å². The number of Topliss-reactive ketones (excluding diaryl/α,β-unsaturated/α-hetero) is 2. The second-order valence-corrected chi connectivity index (χ2v) is 15.3. The zero-order valence-electron chi connectivity index (χ0n) is 35.2. The number of esters is 3. The summed E-state index contributed by atoms with van der Waals surface area (Å²) in [5.74, 6) is -1.06. The second kappa shape index (κ2) is 25.5. The van der Waals surface area contributed by atoms with Gasteiger partial charge >= 0.3 is 17.9 Å². The van der Waals surface area contributed by atoms with Crippen LogP contribution in [0.3, 0.4) is 0 Å². The van der Waals surface area contributed by atoms with Gasteiger partial charge in [-0.2, -0.15) is 0 Å². The highest BCUT2D eigenvalue weighted by molar-refractivity contribution is 6.03. The van der Waals surface area contributed by atoms with E-state index >= 15 is 0 Å². The molecule has 0 atom stereocenters. The van der Waals surface area contributed by atoms with E-state index in [-0.39, 0.29) is 83.4 Å². The average Bonchev–Trinajstić information content (AvgIpc) is 3.24. The molecule has 2 aliphatic rings. The first-order valence-corrected chi connectivity index (χ1v) is 20.4. The summed E-state index contributed by atoms with van der Waals surface area (Å²) in [5, 5.41) is 0. The largest absolute Gasteiger partial charge is 0.463 e. The van der Waals surface area contributed by atoms with Gasteiger partial charge in [0.05, 0.1) is 51.6 Å². The third kappa shape index (κ3) is 16.7. The quantitative estimate of drug-likeness (QED) is 0.0400. The monoisotopic (exact) mass is 814 g/mol. The summed E-state index contributed by atoms with van der Waals surface area (Å²) in [6, 6.07) is 7.93. The zero-order valence-corrected chi connectivity index (χ0v) is 35.2. The topological polar surface area (TPSA) is 154 Å². The minimum absolute atomic E-state index is 0.0774. The fourth-order valence-electron chi connectivity index (χ4n) is 6.75. The summed E-state index contributed by atoms with van der Waals surface area (Å²) in [6.07, 6.45) is 3.65. The number of ketones is 2. The van der Waals surface area contributed by atoms with Gasteiger partial charge in [-0.05, 0) is 51.5 Å². The Morgan fingerprint density at radius 2 is 1.12 bits per heavy atom. The third-order valence-electron chi connectivity index (χ3n) is 10.7. The molecule has 0 saturated carbocycles. The molecular formula is C43H66N4O11. The predicted octanol–water partition coefficient (Wildman–Crippen LogP) is 3.20. The molecule has 0 radical (unpaired) electrons. The summed E-state index contributed by atoms with van der Waals surface area (Å²) < 4.78 is 32.9. The van der Waals surface area contributed by atoms with Crippen LogP contribution in [0.2, 0.25) is 0 Å². The second-order valence-electron chi connectivity index (χ2n) is 15.3. The Bertz CT molecular complexity index is 1440. The summed E-state index contributed by atoms with van der Waals surface area (Å²) in [4.78, 5) is 69.4. The van der Waals surface area contributed by atoms with E-state index in [1.54, 1.807) is 6.92 Å². The molecule has 15 nitrogen and oxygen atoms in total. The number of ether oxygens (including phenoxy) is 6. The summed E-state index contributed by atoms with van der Waals surface area (Å²) in [5.41, 5.74) is 0.573. The first kappa shape index (κ1) is 48.4. The Labute approximate surface area is 344 Å². The Kier molecular flexibility index (Phi) is 21.3. The van der Waals surface area contributed by atoms with Gasteiger partial charge in [-0.3, -0.25) is 24.2 Å². The lowest BCUT2D eigenvalue weighted by Gasteiger charge is -2.43. The lowest BCUT2D eigenvalue weighted by Crippen LogP contribution is -2.58. The number of anilines is 1. The normalized spacial score (nSPS) is 15.8. The Morgan fingerprint density at radius 1 is 0.655 bits per heavy atom. The van der Waals surface area contributed by atoms with Crippen LogP contribution in [0.25, 0.3) is 0 Å². The van der Waals surface area contributed by atoms with Crippen LogP contribution in [0.4, 0.5) is 5.69 Å². The van der Waals surface area contributed by atoms with Crippen molar-refractivity contribution in [3.63, 3.8) is 0 Å². The number of carbonyl (C=O) groups is 5. The van der Waals surface area contributed by atoms with Gasteiger partial charge in [0.2, 0.25) is 0 Å². The van der Waals surface area contributed by atoms with Crippen molar-refractivity contribution in [1.29, 1.82) is 0 Å². The van der Waals surface area contributed by atoms with Crippen molar-refractivity contribution in [2.75, 3.05) is 130 Å². The predicted molar refractivity (Wildman–Crippen MR) is 220 cm³/mol. The Hall–Kier alpha value is -3.99. The van der Waals surface area contributed by atoms with E-state index in [4.69, 9.17) is 28.4 Å². The first-order valence-electron chi connectivity index (χ1n) is 20.4. The fourth-order valence-corrected chi connectivity index (χ4v) is 6.75. The van der Waals surface area contributed by atoms with E-state index in [9.17, 15) is 24.0 Å². The summed E-state index contributed by atoms with van der Waals surface area (Å²) in [6.45, 7) is 23.8. The van der Waals surface area contributed by atoms with Crippen LogP contribution in [0, 0.1) is 5.41 Å². The van der Waals surface area contributed by atoms with E-state index in [0.29, 0.717) is 38.0 Å². The third-order valence-corrected chi connectivity index (χ3v) is 10.7. The molecule has 3 rings (SSSR count). The van der Waals surface area contributed by atoms with Crippen molar-refractivity contribution in [1.82, 2.24) is 14.7 Å². The van der Waals surface area contributed by atoms with Gasteiger partial charge < -0.3 is 38.2 Å². The highest BCUT2D eigenvalue weighted by atomic mass is 16.6. The molecule has 0 unspecified atom stereocenters. The molecule has 15 heteroatoms. The Morgan fingerprint density at radius 3 is 1.59 bits per heavy atom. The molecule has 2 aliphatic heterocycles. The van der Waals surface area contributed by atoms with E-state index in [0.717, 1.165) is 63.7 Å². The van der Waals surface area contributed by atoms with Crippen molar-refractivity contribution >= 4 is 35.2 Å². The molecule has 1 aromatic carbocycles. The molecule has 2 heterocycles. The smallest absolute Gasteiger partial charge is 0.330 e. The first-order chi connectivity index (χ1) is 27.8. The molecule has 0 spiro atoms. The zero-order chi connectivity index (χ0) is 42.4. The van der Waals surface area contributed by atoms with Crippen molar-refractivity contribution in [3.05, 3.63) is 55.1 Å². The number of hydrogen-bond donors (Lipinski definition) is 0. The molecule has 324 valence electrons. The van der Waals surface area contributed by atoms with Crippen molar-refractivity contribution in [2.45, 2.75) is 52.5 Å². The van der Waals surface area contributed by atoms with E-state index in [2.05, 4.69) is 32.8 Å². The van der Waals surface area contributed by atoms with Crippen molar-refractivity contribution < 1.29 is 52.4 Å². The maximum atomic E-state index is 13.7. The molecule has 0 aromatic heterocycles. The minimum Gasteiger partial charge on any atom is -0.463 e. The number of nitrogens with zero attached hydrogens (tertiary/aromatic N) is 4. The number of piperazine rings is 2. The van der Waals surface area contributed by atoms with Gasteiger partial charge in [0.25, 0.3) is 0 Å². The summed E-state index contributed by atoms with van der Waals surface area (Å²) >= 11 is 0. The van der Waals surface area contributed by atoms with Crippen LogP contribution in [0.5, 0.6) is 0 Å². The fraction of sp³-hybridized carbons (Fsp3) is 0.651. The Balaban J connectivity index is 1.35. The number of carbonyl (C=O) groups excluding carboxylic acids is 5. The molecule has 2 saturated heterocycles. The standard InChI is InChI=1S/C43H66N4O11/c1-7-38(49)56-29-26-53-32-43(9-3,33-54-27-30-57-39(50)8-2)34-55-28-31-58-40(51)15-17-45-20-24-47(25-21-45)42(5,6)41(52)36-10-12-37(13-11-36)46-22-18-44(19-23-46)16-14-35(4)48/h7-8,10-13H,1-2,9,14-34H2,3-6H3. The molecular weight excluding hydrogens is 748 g/mol. The molecule has 2 fully saturated rings. The number of rotatable bonds is 28. The van der Waals surface area contributed by atoms with E-state index in [1.807, 2.05) is 45.0 Å². The van der Waals surface area contributed by atoms with Crippen LogP contribution in [0.1, 0.15) is 57.3 Å². The minimum atomic E-state index is -0.678. The van der Waals surface area contributed by atoms with Gasteiger partial charge in [-0.1, -0.05) is 20.1 Å². The van der Waals surface area contributed by atoms with Gasteiger partial charge in [-0.25, -0.2) is 9.59 Å². The van der Waals surface area contributed by atoms with Gasteiger partial charge in [0, 0.05) is 101 Å². The van der Waals surface area contributed by atoms with Crippen LogP contribution < -0.4 is 4.90 Å². The highest BCUT2D eigenvalue weighted by Gasteiger charge is 2.37. The maximum absolute atomic E-state index is 13.7. The van der Waals surface area contributed by atoms with Gasteiger partial charge in [0.1, 0.15) is 25.6 Å². The number of hydrogen-bond acceptors (Lipinski definition) is 15. The van der Waals surface area contributed by atoms with Crippen molar-refractivity contribution in [3.8, 4) is 0 Å². The molecule has 0 amide bonds. The molecule has 1 aromatic rings. The van der Waals surface area contributed by atoms with Crippen LogP contribution in [-0.4, -0.2) is 175 Å². The molecule has 0 bridgehead atoms. The molecule has 0 aliphatic carbocycles. The molecule has 58 heavy (non-hydrogen) atoms. The highest BCUT2D eigenvalue weighted by Crippen LogP contribution is 2.26. The maximum Gasteiger partial charge on any atom is 0.330 e. The SMILES string of the molecule is C=CC(=O)OCCOCC(CC)(COCCOC(=O)C=C)COCCOC(=O)CCN1CCN(C(C)(C)C(=O)c2ccc(N3CCN(CCC(C)=O)CC3)cc2)CC1. The average molecular weight is 815 g/mol. The van der Waals surface area contributed by atoms with Crippen molar-refractivity contribution in [2.24, 2.45) is 5.41 Å². The summed E-state index contributed by atoms with van der Waals surface area (Å²) in [7, 11) is 0.